The predicted molar refractivity (Wildman–Crippen MR) is 111 cm³/mol. The second kappa shape index (κ2) is 11.8. The van der Waals surface area contributed by atoms with Gasteiger partial charge < -0.3 is 20.3 Å². The minimum atomic E-state index is 0.221. The van der Waals surface area contributed by atoms with Crippen molar-refractivity contribution in [2.45, 2.75) is 52.5 Å². The maximum absolute atomic E-state index is 5.38. The van der Waals surface area contributed by atoms with Crippen molar-refractivity contribution in [2.24, 2.45) is 4.99 Å². The van der Waals surface area contributed by atoms with Crippen LogP contribution >= 0.6 is 0 Å². The van der Waals surface area contributed by atoms with Crippen molar-refractivity contribution >= 4 is 11.6 Å². The number of hydrogen-bond acceptors (Lipinski definition) is 3. The summed E-state index contributed by atoms with van der Waals surface area (Å²) in [5.74, 6) is 0.892. The second-order valence-corrected chi connectivity index (χ2v) is 6.82. The summed E-state index contributed by atoms with van der Waals surface area (Å²) in [7, 11) is 0. The zero-order valence-corrected chi connectivity index (χ0v) is 16.8. The van der Waals surface area contributed by atoms with E-state index in [2.05, 4.69) is 53.6 Å². The molecule has 0 aromatic heterocycles. The summed E-state index contributed by atoms with van der Waals surface area (Å²) < 4.78 is 5.38. The summed E-state index contributed by atoms with van der Waals surface area (Å²) in [5.41, 5.74) is 2.64. The third-order valence-electron chi connectivity index (χ3n) is 4.71. The number of rotatable bonds is 10. The van der Waals surface area contributed by atoms with Crippen molar-refractivity contribution in [1.82, 2.24) is 10.6 Å². The van der Waals surface area contributed by atoms with Crippen molar-refractivity contribution in [3.05, 3.63) is 29.8 Å². The molecule has 0 bridgehead atoms. The van der Waals surface area contributed by atoms with Gasteiger partial charge in [-0.2, -0.15) is 0 Å². The molecule has 0 radical (unpaired) electrons. The highest BCUT2D eigenvalue weighted by molar-refractivity contribution is 5.80. The van der Waals surface area contributed by atoms with Crippen LogP contribution in [0.4, 0.5) is 5.69 Å². The van der Waals surface area contributed by atoms with E-state index in [1.807, 2.05) is 6.92 Å². The lowest BCUT2D eigenvalue weighted by molar-refractivity contribution is 0.144. The van der Waals surface area contributed by atoms with Gasteiger partial charge in [0.2, 0.25) is 0 Å². The highest BCUT2D eigenvalue weighted by Crippen LogP contribution is 2.23. The van der Waals surface area contributed by atoms with Crippen LogP contribution in [0.5, 0.6) is 0 Å². The number of aliphatic imine (C=N–C) groups is 1. The van der Waals surface area contributed by atoms with Crippen LogP contribution in [0.15, 0.2) is 29.3 Å². The maximum Gasteiger partial charge on any atom is 0.191 e. The molecule has 0 amide bonds. The molecule has 2 rings (SSSR count). The number of nitrogens with zero attached hydrogens (tertiary/aromatic N) is 2. The Kier molecular flexibility index (Phi) is 9.32. The van der Waals surface area contributed by atoms with Gasteiger partial charge in [0, 0.05) is 45.1 Å². The maximum atomic E-state index is 5.38. The molecule has 1 unspecified atom stereocenters. The molecule has 1 aliphatic heterocycles. The van der Waals surface area contributed by atoms with E-state index in [0.717, 1.165) is 45.1 Å². The molecule has 1 saturated heterocycles. The van der Waals surface area contributed by atoms with E-state index in [0.29, 0.717) is 0 Å². The number of ether oxygens (including phenoxy) is 1. The largest absolute Gasteiger partial charge is 0.382 e. The molecule has 1 atom stereocenters. The van der Waals surface area contributed by atoms with Crippen molar-refractivity contribution < 1.29 is 4.74 Å². The Morgan fingerprint density at radius 2 is 2.04 bits per heavy atom. The van der Waals surface area contributed by atoms with E-state index in [-0.39, 0.29) is 6.04 Å². The minimum absolute atomic E-state index is 0.221. The van der Waals surface area contributed by atoms with E-state index in [1.54, 1.807) is 0 Å². The first-order valence-corrected chi connectivity index (χ1v) is 10.2. The fraction of sp³-hybridized carbons (Fsp3) is 0.667. The van der Waals surface area contributed by atoms with Gasteiger partial charge in [-0.05, 0) is 64.2 Å². The monoisotopic (exact) mass is 360 g/mol. The standard InChI is InChI=1S/C21H36N4O/c1-4-22-21(23-13-6-9-16-26-5-2)24-18(3)19-11-10-12-20(17-19)25-14-7-8-15-25/h10-12,17-18H,4-9,13-16H2,1-3H3,(H2,22,23,24). The Hall–Kier alpha value is -1.75. The van der Waals surface area contributed by atoms with E-state index in [4.69, 9.17) is 9.73 Å². The Balaban J connectivity index is 1.89. The van der Waals surface area contributed by atoms with Gasteiger partial charge >= 0.3 is 0 Å². The lowest BCUT2D eigenvalue weighted by atomic mass is 10.1. The molecular formula is C21H36N4O. The average Bonchev–Trinajstić information content (AvgIpc) is 3.19. The zero-order chi connectivity index (χ0) is 18.6. The number of anilines is 1. The molecular weight excluding hydrogens is 324 g/mol. The van der Waals surface area contributed by atoms with Gasteiger partial charge in [-0.15, -0.1) is 0 Å². The predicted octanol–water partition coefficient (Wildman–Crippen LogP) is 3.72. The van der Waals surface area contributed by atoms with Gasteiger partial charge in [0.05, 0.1) is 6.04 Å². The number of nitrogens with one attached hydrogen (secondary N) is 2. The van der Waals surface area contributed by atoms with Gasteiger partial charge in [-0.3, -0.25) is 4.99 Å². The lowest BCUT2D eigenvalue weighted by Crippen LogP contribution is -2.38. The average molecular weight is 361 g/mol. The molecule has 1 aromatic rings. The molecule has 5 heteroatoms. The normalized spacial score (nSPS) is 16.0. The molecule has 1 aliphatic rings. The van der Waals surface area contributed by atoms with Crippen LogP contribution in [0.2, 0.25) is 0 Å². The SMILES string of the molecule is CCNC(=NCCCCOCC)NC(C)c1cccc(N2CCCC2)c1. The van der Waals surface area contributed by atoms with Crippen molar-refractivity contribution in [3.63, 3.8) is 0 Å². The van der Waals surface area contributed by atoms with Crippen LogP contribution in [0.3, 0.4) is 0 Å². The Bertz CT molecular complexity index is 541. The zero-order valence-electron chi connectivity index (χ0n) is 16.8. The summed E-state index contributed by atoms with van der Waals surface area (Å²) in [4.78, 5) is 7.18. The molecule has 0 spiro atoms. The van der Waals surface area contributed by atoms with Gasteiger partial charge in [0.25, 0.3) is 0 Å². The summed E-state index contributed by atoms with van der Waals surface area (Å²) in [6.07, 6.45) is 4.72. The summed E-state index contributed by atoms with van der Waals surface area (Å²) >= 11 is 0. The summed E-state index contributed by atoms with van der Waals surface area (Å²) in [6.45, 7) is 12.0. The first kappa shape index (κ1) is 20.6. The van der Waals surface area contributed by atoms with Gasteiger partial charge in [-0.25, -0.2) is 0 Å². The first-order chi connectivity index (χ1) is 12.7. The van der Waals surface area contributed by atoms with Crippen molar-refractivity contribution in [1.29, 1.82) is 0 Å². The highest BCUT2D eigenvalue weighted by atomic mass is 16.5. The summed E-state index contributed by atoms with van der Waals surface area (Å²) in [5, 5.41) is 6.90. The molecule has 0 saturated carbocycles. The van der Waals surface area contributed by atoms with E-state index >= 15 is 0 Å². The second-order valence-electron chi connectivity index (χ2n) is 6.82. The van der Waals surface area contributed by atoms with Crippen LogP contribution in [-0.4, -0.2) is 45.4 Å². The first-order valence-electron chi connectivity index (χ1n) is 10.2. The fourth-order valence-corrected chi connectivity index (χ4v) is 3.23. The van der Waals surface area contributed by atoms with Gasteiger partial charge in [-0.1, -0.05) is 12.1 Å². The van der Waals surface area contributed by atoms with Gasteiger partial charge in [0.1, 0.15) is 0 Å². The van der Waals surface area contributed by atoms with Gasteiger partial charge in [0.15, 0.2) is 5.96 Å². The van der Waals surface area contributed by atoms with Crippen LogP contribution in [-0.2, 0) is 4.74 Å². The fourth-order valence-electron chi connectivity index (χ4n) is 3.23. The number of guanidine groups is 1. The number of benzene rings is 1. The van der Waals surface area contributed by atoms with Crippen LogP contribution in [0.25, 0.3) is 0 Å². The van der Waals surface area contributed by atoms with Crippen LogP contribution < -0.4 is 15.5 Å². The van der Waals surface area contributed by atoms with E-state index < -0.39 is 0 Å². The smallest absolute Gasteiger partial charge is 0.191 e. The molecule has 146 valence electrons. The topological polar surface area (TPSA) is 48.9 Å². The molecule has 1 heterocycles. The minimum Gasteiger partial charge on any atom is -0.382 e. The van der Waals surface area contributed by atoms with E-state index in [9.17, 15) is 0 Å². The van der Waals surface area contributed by atoms with E-state index in [1.165, 1.54) is 37.2 Å². The Morgan fingerprint density at radius 1 is 1.23 bits per heavy atom. The molecule has 1 aromatic carbocycles. The number of unbranched alkanes of at least 4 members (excludes halogenated alkanes) is 1. The number of hydrogen-bond donors (Lipinski definition) is 2. The third kappa shape index (κ3) is 6.87. The third-order valence-corrected chi connectivity index (χ3v) is 4.71. The molecule has 0 aliphatic carbocycles. The van der Waals surface area contributed by atoms with Crippen LogP contribution in [0.1, 0.15) is 58.1 Å². The highest BCUT2D eigenvalue weighted by Gasteiger charge is 2.14. The Labute approximate surface area is 159 Å². The van der Waals surface area contributed by atoms with Crippen molar-refractivity contribution in [2.75, 3.05) is 44.3 Å². The quantitative estimate of drug-likeness (QED) is 0.379. The molecule has 5 nitrogen and oxygen atoms in total. The molecule has 2 N–H and O–H groups in total. The van der Waals surface area contributed by atoms with Crippen LogP contribution in [0, 0.1) is 0 Å². The lowest BCUT2D eigenvalue weighted by Gasteiger charge is -2.22. The molecule has 26 heavy (non-hydrogen) atoms. The molecule has 1 fully saturated rings. The summed E-state index contributed by atoms with van der Waals surface area (Å²) in [6, 6.07) is 9.12. The van der Waals surface area contributed by atoms with Crippen molar-refractivity contribution in [3.8, 4) is 0 Å². The Morgan fingerprint density at radius 3 is 2.77 bits per heavy atom.